The van der Waals surface area contributed by atoms with Crippen LogP contribution in [0, 0.1) is 0 Å². The van der Waals surface area contributed by atoms with Crippen LogP contribution in [0.2, 0.25) is 0 Å². The lowest BCUT2D eigenvalue weighted by atomic mass is 10.4. The van der Waals surface area contributed by atoms with E-state index in [1.54, 1.807) is 18.2 Å². The highest BCUT2D eigenvalue weighted by Crippen LogP contribution is 1.95. The fourth-order valence-electron chi connectivity index (χ4n) is 2.00. The number of nitrogens with zero attached hydrogens (tertiary/aromatic N) is 2. The first-order valence-electron chi connectivity index (χ1n) is 8.11. The third kappa shape index (κ3) is 14.2. The molecule has 0 fully saturated rings. The van der Waals surface area contributed by atoms with Gasteiger partial charge in [-0.25, -0.2) is 0 Å². The van der Waals surface area contributed by atoms with Gasteiger partial charge in [-0.2, -0.15) is 0 Å². The van der Waals surface area contributed by atoms with Gasteiger partial charge in [0, 0.05) is 13.1 Å². The van der Waals surface area contributed by atoms with Crippen LogP contribution in [0.5, 0.6) is 5.75 Å². The van der Waals surface area contributed by atoms with E-state index in [0.717, 1.165) is 9.80 Å². The van der Waals surface area contributed by atoms with E-state index in [4.69, 9.17) is 25.5 Å². The van der Waals surface area contributed by atoms with Gasteiger partial charge in [-0.1, -0.05) is 18.2 Å². The second-order valence-electron chi connectivity index (χ2n) is 5.66. The smallest absolute Gasteiger partial charge is 0.317 e. The van der Waals surface area contributed by atoms with E-state index in [-0.39, 0.29) is 24.3 Å². The molecule has 0 saturated heterocycles. The average molecular weight is 414 g/mol. The Kier molecular flexibility index (Phi) is 12.0. The molecule has 5 N–H and O–H groups in total. The maximum Gasteiger partial charge on any atom is 0.317 e. The van der Waals surface area contributed by atoms with E-state index in [2.05, 4.69) is 0 Å². The van der Waals surface area contributed by atoms with Crippen LogP contribution in [0.25, 0.3) is 0 Å². The quantitative estimate of drug-likeness (QED) is 0.287. The molecule has 160 valence electrons. The molecule has 1 aromatic rings. The standard InChI is InChI=1S/C10H16N2O8.C7H6O2/c13-7(14)3-11(4-8(15)16)1-2-12(5-9(17)18)6-10(19)20;8-6-4-2-1-3-5-7(6)9/h1-6H2,(H,13,14)(H,15,16)(H,17,18)(H,19,20);1-5H,(H,8,9). The molecular formula is C17H22N2O10. The molecule has 12 heteroatoms. The maximum atomic E-state index is 10.6. The van der Waals surface area contributed by atoms with Gasteiger partial charge in [0.25, 0.3) is 0 Å². The SMILES string of the molecule is O=C(O)CN(CCN(CC(=O)O)CC(=O)O)CC(=O)O.O=c1cccccc1O. The molecule has 0 radical (unpaired) electrons. The second kappa shape index (κ2) is 13.6. The van der Waals surface area contributed by atoms with E-state index in [9.17, 15) is 24.0 Å². The van der Waals surface area contributed by atoms with Crippen LogP contribution >= 0.6 is 0 Å². The van der Waals surface area contributed by atoms with Crippen molar-refractivity contribution in [2.45, 2.75) is 0 Å². The Morgan fingerprint density at radius 1 is 0.655 bits per heavy atom. The lowest BCUT2D eigenvalue weighted by molar-refractivity contribution is -0.145. The van der Waals surface area contributed by atoms with Crippen LogP contribution in [0.4, 0.5) is 0 Å². The molecule has 0 aromatic heterocycles. The minimum Gasteiger partial charge on any atom is -0.504 e. The monoisotopic (exact) mass is 414 g/mol. The molecule has 29 heavy (non-hydrogen) atoms. The molecule has 0 spiro atoms. The van der Waals surface area contributed by atoms with Crippen molar-refractivity contribution >= 4 is 23.9 Å². The van der Waals surface area contributed by atoms with Crippen molar-refractivity contribution < 1.29 is 44.7 Å². The Bertz CT molecular complexity index is 700. The summed E-state index contributed by atoms with van der Waals surface area (Å²) in [7, 11) is 0. The van der Waals surface area contributed by atoms with Crippen molar-refractivity contribution in [2.75, 3.05) is 39.3 Å². The molecule has 1 aromatic carbocycles. The minimum atomic E-state index is -1.23. The van der Waals surface area contributed by atoms with Crippen LogP contribution in [0.1, 0.15) is 0 Å². The van der Waals surface area contributed by atoms with Crippen molar-refractivity contribution in [3.8, 4) is 5.75 Å². The molecule has 0 heterocycles. The molecule has 1 rings (SSSR count). The van der Waals surface area contributed by atoms with Gasteiger partial charge in [0.15, 0.2) is 5.75 Å². The topological polar surface area (TPSA) is 193 Å². The third-order valence-corrected chi connectivity index (χ3v) is 3.14. The van der Waals surface area contributed by atoms with Gasteiger partial charge in [0.05, 0.1) is 26.2 Å². The van der Waals surface area contributed by atoms with Gasteiger partial charge in [0.1, 0.15) is 0 Å². The lowest BCUT2D eigenvalue weighted by Gasteiger charge is -2.23. The number of aliphatic carboxylic acids is 4. The van der Waals surface area contributed by atoms with Gasteiger partial charge < -0.3 is 25.5 Å². The van der Waals surface area contributed by atoms with Crippen LogP contribution < -0.4 is 5.43 Å². The number of carboxylic acids is 4. The third-order valence-electron chi connectivity index (χ3n) is 3.14. The zero-order valence-corrected chi connectivity index (χ0v) is 15.3. The summed E-state index contributed by atoms with van der Waals surface area (Å²) in [5.41, 5.74) is -0.347. The summed E-state index contributed by atoms with van der Waals surface area (Å²) in [4.78, 5) is 54.9. The number of hydrogen-bond donors (Lipinski definition) is 5. The van der Waals surface area contributed by atoms with Crippen molar-refractivity contribution in [1.29, 1.82) is 0 Å². The summed E-state index contributed by atoms with van der Waals surface area (Å²) in [6, 6.07) is 7.55. The largest absolute Gasteiger partial charge is 0.504 e. The number of rotatable bonds is 11. The maximum absolute atomic E-state index is 10.6. The molecule has 12 nitrogen and oxygen atoms in total. The minimum absolute atomic E-state index is 0.0703. The van der Waals surface area contributed by atoms with Crippen LogP contribution in [-0.2, 0) is 19.2 Å². The predicted molar refractivity (Wildman–Crippen MR) is 97.8 cm³/mol. The van der Waals surface area contributed by atoms with Gasteiger partial charge >= 0.3 is 23.9 Å². The number of hydrogen-bond acceptors (Lipinski definition) is 8. The van der Waals surface area contributed by atoms with E-state index in [1.807, 2.05) is 0 Å². The zero-order chi connectivity index (χ0) is 22.4. The molecule has 0 bridgehead atoms. The highest BCUT2D eigenvalue weighted by Gasteiger charge is 2.17. The van der Waals surface area contributed by atoms with E-state index < -0.39 is 50.1 Å². The van der Waals surface area contributed by atoms with Gasteiger partial charge in [0.2, 0.25) is 5.43 Å². The molecule has 0 aliphatic rings. The van der Waals surface area contributed by atoms with Crippen molar-refractivity contribution in [3.63, 3.8) is 0 Å². The van der Waals surface area contributed by atoms with E-state index in [0.29, 0.717) is 0 Å². The highest BCUT2D eigenvalue weighted by atomic mass is 16.4. The fraction of sp³-hybridized carbons (Fsp3) is 0.353. The first-order valence-corrected chi connectivity index (χ1v) is 8.11. The van der Waals surface area contributed by atoms with Crippen molar-refractivity contribution in [2.24, 2.45) is 0 Å². The summed E-state index contributed by atoms with van der Waals surface area (Å²) >= 11 is 0. The molecular weight excluding hydrogens is 392 g/mol. The Balaban J connectivity index is 0.000000717. The van der Waals surface area contributed by atoms with Crippen molar-refractivity contribution in [1.82, 2.24) is 9.80 Å². The summed E-state index contributed by atoms with van der Waals surface area (Å²) in [6.07, 6.45) is 0. The Morgan fingerprint density at radius 3 is 1.34 bits per heavy atom. The Labute approximate surface area is 164 Å². The Morgan fingerprint density at radius 2 is 1.00 bits per heavy atom. The molecule has 0 amide bonds. The molecule has 0 saturated carbocycles. The van der Waals surface area contributed by atoms with Gasteiger partial charge in [-0.3, -0.25) is 33.8 Å². The van der Waals surface area contributed by atoms with Gasteiger partial charge in [-0.05, 0) is 12.1 Å². The van der Waals surface area contributed by atoms with Crippen LogP contribution in [0.3, 0.4) is 0 Å². The first kappa shape index (κ1) is 25.5. The summed E-state index contributed by atoms with van der Waals surface area (Å²) < 4.78 is 0. The Hall–Kier alpha value is -3.51. The second-order valence-corrected chi connectivity index (χ2v) is 5.66. The number of carbonyl (C=O) groups is 4. The zero-order valence-electron chi connectivity index (χ0n) is 15.3. The average Bonchev–Trinajstić information content (AvgIpc) is 2.75. The molecule has 0 aliphatic carbocycles. The summed E-state index contributed by atoms with van der Waals surface area (Å²) in [6.45, 7) is -2.25. The van der Waals surface area contributed by atoms with Crippen molar-refractivity contribution in [3.05, 3.63) is 40.6 Å². The highest BCUT2D eigenvalue weighted by molar-refractivity contribution is 5.73. The molecule has 0 atom stereocenters. The van der Waals surface area contributed by atoms with Gasteiger partial charge in [-0.15, -0.1) is 0 Å². The van der Waals surface area contributed by atoms with Crippen LogP contribution in [-0.4, -0.2) is 98.5 Å². The normalized spacial score (nSPS) is 10.1. The number of carboxylic acid groups (broad SMARTS) is 4. The number of aromatic hydroxyl groups is 1. The van der Waals surface area contributed by atoms with Crippen LogP contribution in [0.15, 0.2) is 35.1 Å². The predicted octanol–water partition coefficient (Wildman–Crippen LogP) is -1.32. The first-order chi connectivity index (χ1) is 13.5. The fourth-order valence-corrected chi connectivity index (χ4v) is 2.00. The van der Waals surface area contributed by atoms with E-state index in [1.165, 1.54) is 12.1 Å². The molecule has 0 aliphatic heterocycles. The summed E-state index contributed by atoms with van der Waals surface area (Å²) in [5, 5.41) is 43.2. The summed E-state index contributed by atoms with van der Waals surface area (Å²) in [5.74, 6) is -5.12. The lowest BCUT2D eigenvalue weighted by Crippen LogP contribution is -2.43. The molecule has 0 unspecified atom stereocenters. The van der Waals surface area contributed by atoms with E-state index >= 15 is 0 Å².